The number of benzene rings is 2. The third-order valence-electron chi connectivity index (χ3n) is 4.24. The molecule has 0 aliphatic heterocycles. The lowest BCUT2D eigenvalue weighted by Crippen LogP contribution is -2.25. The summed E-state index contributed by atoms with van der Waals surface area (Å²) in [6.07, 6.45) is 0.733. The summed E-state index contributed by atoms with van der Waals surface area (Å²) in [6.45, 7) is 7.24. The first-order chi connectivity index (χ1) is 12.0. The van der Waals surface area contributed by atoms with Gasteiger partial charge in [-0.3, -0.25) is 4.79 Å². The first-order valence-electron chi connectivity index (χ1n) is 8.43. The fourth-order valence-corrected chi connectivity index (χ4v) is 2.86. The standard InChI is InChI=1S/C19H24N2O4/c1-3-21(4-2)10-7-11-25-19(24)15-12-16(22)17(18(20)23)14-9-6-5-8-13(14)15/h5-6,8-9,12,22H,3-4,7,10-11H2,1-2H3,(H2,20,23). The molecule has 0 saturated heterocycles. The van der Waals surface area contributed by atoms with Crippen molar-refractivity contribution in [1.82, 2.24) is 4.90 Å². The summed E-state index contributed by atoms with van der Waals surface area (Å²) in [5.74, 6) is -1.59. The Kier molecular flexibility index (Phi) is 6.36. The van der Waals surface area contributed by atoms with Gasteiger partial charge in [0.05, 0.1) is 17.7 Å². The normalized spacial score (nSPS) is 11.0. The van der Waals surface area contributed by atoms with Crippen molar-refractivity contribution >= 4 is 22.6 Å². The molecule has 25 heavy (non-hydrogen) atoms. The van der Waals surface area contributed by atoms with Crippen molar-refractivity contribution in [2.75, 3.05) is 26.2 Å². The maximum atomic E-state index is 12.4. The highest BCUT2D eigenvalue weighted by atomic mass is 16.5. The van der Waals surface area contributed by atoms with Crippen molar-refractivity contribution in [2.45, 2.75) is 20.3 Å². The molecule has 0 fully saturated rings. The van der Waals surface area contributed by atoms with Gasteiger partial charge >= 0.3 is 5.97 Å². The van der Waals surface area contributed by atoms with Gasteiger partial charge in [0.15, 0.2) is 0 Å². The fraction of sp³-hybridized carbons (Fsp3) is 0.368. The van der Waals surface area contributed by atoms with Crippen LogP contribution < -0.4 is 5.73 Å². The number of carbonyl (C=O) groups excluding carboxylic acids is 2. The maximum absolute atomic E-state index is 12.4. The van der Waals surface area contributed by atoms with Gasteiger partial charge in [0.2, 0.25) is 0 Å². The molecule has 0 bridgehead atoms. The zero-order chi connectivity index (χ0) is 18.4. The number of carbonyl (C=O) groups is 2. The van der Waals surface area contributed by atoms with Gasteiger partial charge in [0.25, 0.3) is 5.91 Å². The number of hydrogen-bond donors (Lipinski definition) is 2. The number of primary amides is 1. The van der Waals surface area contributed by atoms with Crippen LogP contribution in [0.5, 0.6) is 5.75 Å². The summed E-state index contributed by atoms with van der Waals surface area (Å²) in [7, 11) is 0. The molecule has 2 aromatic rings. The number of fused-ring (bicyclic) bond motifs is 1. The summed E-state index contributed by atoms with van der Waals surface area (Å²) in [5, 5.41) is 11.1. The van der Waals surface area contributed by atoms with Gasteiger partial charge < -0.3 is 20.5 Å². The summed E-state index contributed by atoms with van der Waals surface area (Å²) in [6, 6.07) is 8.06. The molecule has 3 N–H and O–H groups in total. The Bertz CT molecular complexity index is 769. The van der Waals surface area contributed by atoms with Crippen LogP contribution in [0.2, 0.25) is 0 Å². The van der Waals surface area contributed by atoms with Crippen molar-refractivity contribution in [3.63, 3.8) is 0 Å². The number of esters is 1. The molecule has 2 rings (SSSR count). The van der Waals surface area contributed by atoms with Gasteiger partial charge in [-0.25, -0.2) is 4.79 Å². The molecule has 0 aromatic heterocycles. The minimum absolute atomic E-state index is 0.00804. The maximum Gasteiger partial charge on any atom is 0.338 e. The highest BCUT2D eigenvalue weighted by Crippen LogP contribution is 2.30. The van der Waals surface area contributed by atoms with E-state index in [-0.39, 0.29) is 16.9 Å². The molecule has 0 heterocycles. The van der Waals surface area contributed by atoms with Crippen LogP contribution >= 0.6 is 0 Å². The lowest BCUT2D eigenvalue weighted by Gasteiger charge is -2.17. The molecule has 0 saturated carbocycles. The third-order valence-corrected chi connectivity index (χ3v) is 4.24. The quantitative estimate of drug-likeness (QED) is 0.567. The van der Waals surface area contributed by atoms with Gasteiger partial charge in [0, 0.05) is 6.54 Å². The number of rotatable bonds is 8. The van der Waals surface area contributed by atoms with E-state index in [9.17, 15) is 14.7 Å². The number of aromatic hydroxyl groups is 1. The molecule has 0 spiro atoms. The molecule has 0 aliphatic carbocycles. The molecule has 6 heteroatoms. The lowest BCUT2D eigenvalue weighted by molar-refractivity contribution is 0.0491. The Hall–Kier alpha value is -2.60. The summed E-state index contributed by atoms with van der Waals surface area (Å²) in [4.78, 5) is 26.2. The zero-order valence-electron chi connectivity index (χ0n) is 14.6. The molecule has 0 atom stereocenters. The number of nitrogens with two attached hydrogens (primary N) is 1. The second kappa shape index (κ2) is 8.48. The fourth-order valence-electron chi connectivity index (χ4n) is 2.86. The van der Waals surface area contributed by atoms with Gasteiger partial charge in [-0.2, -0.15) is 0 Å². The Morgan fingerprint density at radius 1 is 1.16 bits per heavy atom. The smallest absolute Gasteiger partial charge is 0.338 e. The Morgan fingerprint density at radius 3 is 2.40 bits per heavy atom. The summed E-state index contributed by atoms with van der Waals surface area (Å²) in [5.41, 5.74) is 5.57. The monoisotopic (exact) mass is 344 g/mol. The van der Waals surface area contributed by atoms with E-state index in [4.69, 9.17) is 10.5 Å². The van der Waals surface area contributed by atoms with Crippen molar-refractivity contribution in [2.24, 2.45) is 5.73 Å². The number of amides is 1. The van der Waals surface area contributed by atoms with Crippen LogP contribution in [-0.4, -0.2) is 48.1 Å². The van der Waals surface area contributed by atoms with Crippen LogP contribution in [0.1, 0.15) is 41.0 Å². The zero-order valence-corrected chi connectivity index (χ0v) is 14.6. The van der Waals surface area contributed by atoms with Crippen LogP contribution in [0.3, 0.4) is 0 Å². The van der Waals surface area contributed by atoms with Gasteiger partial charge in [-0.15, -0.1) is 0 Å². The highest BCUT2D eigenvalue weighted by Gasteiger charge is 2.20. The molecule has 1 amide bonds. The molecular weight excluding hydrogens is 320 g/mol. The number of phenols is 1. The second-order valence-electron chi connectivity index (χ2n) is 5.74. The van der Waals surface area contributed by atoms with Crippen LogP contribution in [0.15, 0.2) is 30.3 Å². The second-order valence-corrected chi connectivity index (χ2v) is 5.74. The van der Waals surface area contributed by atoms with E-state index in [0.717, 1.165) is 26.1 Å². The van der Waals surface area contributed by atoms with E-state index in [1.54, 1.807) is 24.3 Å². The first-order valence-corrected chi connectivity index (χ1v) is 8.43. The minimum atomic E-state index is -0.743. The summed E-state index contributed by atoms with van der Waals surface area (Å²) >= 11 is 0. The van der Waals surface area contributed by atoms with Crippen molar-refractivity contribution < 1.29 is 19.4 Å². The molecule has 134 valence electrons. The SMILES string of the molecule is CCN(CC)CCCOC(=O)c1cc(O)c(C(N)=O)c2ccccc12. The van der Waals surface area contributed by atoms with E-state index >= 15 is 0 Å². The number of hydrogen-bond acceptors (Lipinski definition) is 5. The highest BCUT2D eigenvalue weighted by molar-refractivity contribution is 6.14. The van der Waals surface area contributed by atoms with E-state index in [1.807, 2.05) is 0 Å². The average Bonchev–Trinajstić information content (AvgIpc) is 2.60. The Balaban J connectivity index is 2.19. The van der Waals surface area contributed by atoms with Gasteiger partial charge in [-0.1, -0.05) is 38.1 Å². The number of ether oxygens (including phenoxy) is 1. The molecule has 0 radical (unpaired) electrons. The van der Waals surface area contributed by atoms with E-state index in [1.165, 1.54) is 6.07 Å². The lowest BCUT2D eigenvalue weighted by atomic mass is 9.98. The van der Waals surface area contributed by atoms with E-state index in [0.29, 0.717) is 17.4 Å². The third kappa shape index (κ3) is 4.28. The summed E-state index contributed by atoms with van der Waals surface area (Å²) < 4.78 is 5.34. The minimum Gasteiger partial charge on any atom is -0.507 e. The topological polar surface area (TPSA) is 92.9 Å². The van der Waals surface area contributed by atoms with Crippen molar-refractivity contribution in [3.8, 4) is 5.75 Å². The Morgan fingerprint density at radius 2 is 1.80 bits per heavy atom. The first kappa shape index (κ1) is 18.7. The molecule has 0 aliphatic rings. The molecule has 6 nitrogen and oxygen atoms in total. The molecule has 2 aromatic carbocycles. The van der Waals surface area contributed by atoms with E-state index in [2.05, 4.69) is 18.7 Å². The predicted octanol–water partition coefficient (Wildman–Crippen LogP) is 2.53. The van der Waals surface area contributed by atoms with Crippen LogP contribution in [0.4, 0.5) is 0 Å². The largest absolute Gasteiger partial charge is 0.507 e. The Labute approximate surface area is 147 Å². The van der Waals surface area contributed by atoms with Crippen LogP contribution in [0.25, 0.3) is 10.8 Å². The van der Waals surface area contributed by atoms with E-state index < -0.39 is 11.9 Å². The van der Waals surface area contributed by atoms with Crippen molar-refractivity contribution in [3.05, 3.63) is 41.5 Å². The molecule has 0 unspecified atom stereocenters. The number of nitrogens with zero attached hydrogens (tertiary/aromatic N) is 1. The molecular formula is C19H24N2O4. The van der Waals surface area contributed by atoms with Gasteiger partial charge in [-0.05, 0) is 36.3 Å². The average molecular weight is 344 g/mol. The van der Waals surface area contributed by atoms with Crippen molar-refractivity contribution in [1.29, 1.82) is 0 Å². The van der Waals surface area contributed by atoms with Crippen LogP contribution in [0, 0.1) is 0 Å². The van der Waals surface area contributed by atoms with Gasteiger partial charge in [0.1, 0.15) is 5.75 Å². The van der Waals surface area contributed by atoms with Crippen LogP contribution in [-0.2, 0) is 4.74 Å². The predicted molar refractivity (Wildman–Crippen MR) is 96.8 cm³/mol.